The van der Waals surface area contributed by atoms with Crippen molar-refractivity contribution in [3.8, 4) is 5.75 Å². The van der Waals surface area contributed by atoms with E-state index in [1.165, 1.54) is 4.31 Å². The lowest BCUT2D eigenvalue weighted by molar-refractivity contribution is -0.121. The number of methoxy groups -OCH3 is 1. The van der Waals surface area contributed by atoms with Crippen molar-refractivity contribution in [1.82, 2.24) is 9.62 Å². The van der Waals surface area contributed by atoms with E-state index in [9.17, 15) is 13.2 Å². The summed E-state index contributed by atoms with van der Waals surface area (Å²) >= 11 is 0. The van der Waals surface area contributed by atoms with Gasteiger partial charge < -0.3 is 14.8 Å². The van der Waals surface area contributed by atoms with Crippen LogP contribution in [-0.2, 0) is 19.6 Å². The number of amides is 1. The maximum Gasteiger partial charge on any atom is 0.243 e. The van der Waals surface area contributed by atoms with E-state index < -0.39 is 10.0 Å². The Morgan fingerprint density at radius 3 is 2.46 bits per heavy atom. The number of carbonyl (C=O) groups excluding carboxylic acids is 1. The Morgan fingerprint density at radius 2 is 1.86 bits per heavy atom. The topological polar surface area (TPSA) is 84.9 Å². The van der Waals surface area contributed by atoms with E-state index in [0.29, 0.717) is 31.9 Å². The Hall–Kier alpha value is -1.64. The van der Waals surface area contributed by atoms with E-state index in [2.05, 4.69) is 5.32 Å². The van der Waals surface area contributed by atoms with Crippen molar-refractivity contribution in [2.75, 3.05) is 33.4 Å². The summed E-state index contributed by atoms with van der Waals surface area (Å²) in [5.41, 5.74) is 0. The highest BCUT2D eigenvalue weighted by molar-refractivity contribution is 7.89. The van der Waals surface area contributed by atoms with Gasteiger partial charge in [-0.25, -0.2) is 8.42 Å². The van der Waals surface area contributed by atoms with Crippen LogP contribution in [0, 0.1) is 0 Å². The predicted octanol–water partition coefficient (Wildman–Crippen LogP) is 2.56. The number of sulfonamides is 1. The maximum atomic E-state index is 13.3. The van der Waals surface area contributed by atoms with E-state index in [0.717, 1.165) is 32.1 Å². The number of rotatable bonds is 11. The minimum atomic E-state index is -3.77. The molecule has 7 nitrogen and oxygen atoms in total. The zero-order valence-corrected chi connectivity index (χ0v) is 17.7. The summed E-state index contributed by atoms with van der Waals surface area (Å²) in [6.07, 6.45) is 5.33. The smallest absolute Gasteiger partial charge is 0.243 e. The first-order valence-corrected chi connectivity index (χ1v) is 11.4. The molecule has 1 aliphatic rings. The van der Waals surface area contributed by atoms with Crippen LogP contribution >= 0.6 is 0 Å². The average molecular weight is 413 g/mol. The highest BCUT2D eigenvalue weighted by Crippen LogP contribution is 2.28. The first-order valence-electron chi connectivity index (χ1n) is 9.99. The molecule has 28 heavy (non-hydrogen) atoms. The molecule has 1 fully saturated rings. The Bertz CT molecular complexity index is 700. The summed E-state index contributed by atoms with van der Waals surface area (Å²) in [6.45, 7) is 3.25. The Labute approximate surface area is 168 Å². The van der Waals surface area contributed by atoms with Crippen LogP contribution in [0.3, 0.4) is 0 Å². The van der Waals surface area contributed by atoms with Crippen molar-refractivity contribution >= 4 is 15.9 Å². The SMILES string of the molecule is CCOc1ccc(S(=O)(=O)N(CC(=O)NCCCOC)C2CCCCC2)cc1. The van der Waals surface area contributed by atoms with Crippen LogP contribution in [0.25, 0.3) is 0 Å². The second-order valence-corrected chi connectivity index (χ2v) is 8.83. The van der Waals surface area contributed by atoms with Crippen molar-refractivity contribution in [3.63, 3.8) is 0 Å². The zero-order chi connectivity index (χ0) is 20.4. The molecule has 0 aromatic heterocycles. The number of hydrogen-bond donors (Lipinski definition) is 1. The molecule has 1 aromatic rings. The normalized spacial score (nSPS) is 15.5. The predicted molar refractivity (Wildman–Crippen MR) is 108 cm³/mol. The van der Waals surface area contributed by atoms with Crippen molar-refractivity contribution < 1.29 is 22.7 Å². The molecule has 0 radical (unpaired) electrons. The standard InChI is InChI=1S/C20H32N2O5S/c1-3-27-18-10-12-19(13-11-18)28(24,25)22(17-8-5-4-6-9-17)16-20(23)21-14-7-15-26-2/h10-13,17H,3-9,14-16H2,1-2H3,(H,21,23). The monoisotopic (exact) mass is 412 g/mol. The summed E-state index contributed by atoms with van der Waals surface area (Å²) in [4.78, 5) is 12.6. The minimum absolute atomic E-state index is 0.143. The van der Waals surface area contributed by atoms with Crippen LogP contribution in [0.5, 0.6) is 5.75 Å². The molecule has 1 aromatic carbocycles. The molecule has 0 saturated heterocycles. The summed E-state index contributed by atoms with van der Waals surface area (Å²) in [7, 11) is -2.16. The zero-order valence-electron chi connectivity index (χ0n) is 16.9. The first kappa shape index (κ1) is 22.6. The fourth-order valence-corrected chi connectivity index (χ4v) is 5.07. The summed E-state index contributed by atoms with van der Waals surface area (Å²) < 4.78 is 38.3. The minimum Gasteiger partial charge on any atom is -0.494 e. The van der Waals surface area contributed by atoms with Crippen LogP contribution in [0.15, 0.2) is 29.2 Å². The molecule has 0 bridgehead atoms. The van der Waals surface area contributed by atoms with Gasteiger partial charge in [0.2, 0.25) is 15.9 Å². The van der Waals surface area contributed by atoms with Crippen molar-refractivity contribution in [2.45, 2.75) is 56.4 Å². The van der Waals surface area contributed by atoms with Gasteiger partial charge in [0.15, 0.2) is 0 Å². The number of nitrogens with zero attached hydrogens (tertiary/aromatic N) is 1. The van der Waals surface area contributed by atoms with Crippen LogP contribution in [0.2, 0.25) is 0 Å². The van der Waals surface area contributed by atoms with Gasteiger partial charge in [0, 0.05) is 26.3 Å². The molecule has 0 atom stereocenters. The van der Waals surface area contributed by atoms with Gasteiger partial charge in [0.05, 0.1) is 18.0 Å². The first-order chi connectivity index (χ1) is 13.5. The average Bonchev–Trinajstić information content (AvgIpc) is 2.70. The van der Waals surface area contributed by atoms with Gasteiger partial charge in [-0.15, -0.1) is 0 Å². The number of nitrogens with one attached hydrogen (secondary N) is 1. The molecule has 0 heterocycles. The summed E-state index contributed by atoms with van der Waals surface area (Å²) in [5, 5.41) is 2.79. The fraction of sp³-hybridized carbons (Fsp3) is 0.650. The third-order valence-electron chi connectivity index (χ3n) is 4.87. The highest BCUT2D eigenvalue weighted by atomic mass is 32.2. The Balaban J connectivity index is 2.15. The van der Waals surface area contributed by atoms with E-state index >= 15 is 0 Å². The van der Waals surface area contributed by atoms with Crippen molar-refractivity contribution in [3.05, 3.63) is 24.3 Å². The van der Waals surface area contributed by atoms with Gasteiger partial charge in [-0.2, -0.15) is 4.31 Å². The number of benzene rings is 1. The lowest BCUT2D eigenvalue weighted by atomic mass is 9.95. The van der Waals surface area contributed by atoms with Crippen molar-refractivity contribution in [1.29, 1.82) is 0 Å². The fourth-order valence-electron chi connectivity index (χ4n) is 3.43. The quantitative estimate of drug-likeness (QED) is 0.565. The molecule has 0 spiro atoms. The maximum absolute atomic E-state index is 13.3. The molecule has 8 heteroatoms. The molecule has 0 unspecified atom stereocenters. The number of carbonyl (C=O) groups is 1. The molecule has 1 amide bonds. The molecular formula is C20H32N2O5S. The second-order valence-electron chi connectivity index (χ2n) is 6.94. The lowest BCUT2D eigenvalue weighted by Gasteiger charge is -2.33. The molecule has 2 rings (SSSR count). The largest absolute Gasteiger partial charge is 0.494 e. The molecule has 1 N–H and O–H groups in total. The van der Waals surface area contributed by atoms with Crippen molar-refractivity contribution in [2.24, 2.45) is 0 Å². The van der Waals surface area contributed by atoms with E-state index in [4.69, 9.17) is 9.47 Å². The second kappa shape index (κ2) is 11.4. The number of ether oxygens (including phenoxy) is 2. The van der Waals surface area contributed by atoms with Gasteiger partial charge in [0.25, 0.3) is 0 Å². The lowest BCUT2D eigenvalue weighted by Crippen LogP contribution is -2.47. The van der Waals surface area contributed by atoms with Gasteiger partial charge in [-0.1, -0.05) is 19.3 Å². The Kier molecular flexibility index (Phi) is 9.21. The highest BCUT2D eigenvalue weighted by Gasteiger charge is 2.33. The van der Waals surface area contributed by atoms with Crippen LogP contribution in [0.1, 0.15) is 45.4 Å². The van der Waals surface area contributed by atoms with E-state index in [-0.39, 0.29) is 23.4 Å². The molecule has 0 aliphatic heterocycles. The molecule has 1 saturated carbocycles. The van der Waals surface area contributed by atoms with Gasteiger partial charge in [-0.3, -0.25) is 4.79 Å². The molecule has 1 aliphatic carbocycles. The van der Waals surface area contributed by atoms with Gasteiger partial charge in [-0.05, 0) is 50.5 Å². The third kappa shape index (κ3) is 6.46. The third-order valence-corrected chi connectivity index (χ3v) is 6.78. The van der Waals surface area contributed by atoms with Crippen LogP contribution in [0.4, 0.5) is 0 Å². The van der Waals surface area contributed by atoms with E-state index in [1.807, 2.05) is 6.92 Å². The van der Waals surface area contributed by atoms with Gasteiger partial charge in [0.1, 0.15) is 5.75 Å². The molecular weight excluding hydrogens is 380 g/mol. The van der Waals surface area contributed by atoms with Crippen LogP contribution in [-0.4, -0.2) is 58.1 Å². The van der Waals surface area contributed by atoms with Gasteiger partial charge >= 0.3 is 0 Å². The summed E-state index contributed by atoms with van der Waals surface area (Å²) in [5.74, 6) is 0.345. The van der Waals surface area contributed by atoms with Crippen LogP contribution < -0.4 is 10.1 Å². The Morgan fingerprint density at radius 1 is 1.18 bits per heavy atom. The summed E-state index contributed by atoms with van der Waals surface area (Å²) in [6, 6.07) is 6.26. The number of hydrogen-bond acceptors (Lipinski definition) is 5. The van der Waals surface area contributed by atoms with E-state index in [1.54, 1.807) is 31.4 Å². The molecule has 158 valence electrons.